The highest BCUT2D eigenvalue weighted by Gasteiger charge is 2.13. The first-order chi connectivity index (χ1) is 13.4. The third-order valence-corrected chi connectivity index (χ3v) is 5.38. The number of nitrogens with one attached hydrogen (secondary N) is 1. The van der Waals surface area contributed by atoms with Crippen LogP contribution in [-0.2, 0) is 6.54 Å². The van der Waals surface area contributed by atoms with Gasteiger partial charge in [-0.05, 0) is 43.7 Å². The minimum Gasteiger partial charge on any atom is -0.368 e. The van der Waals surface area contributed by atoms with E-state index in [1.165, 1.54) is 34.4 Å². The van der Waals surface area contributed by atoms with Gasteiger partial charge in [0.15, 0.2) is 5.82 Å². The van der Waals surface area contributed by atoms with Gasteiger partial charge in [-0.25, -0.2) is 9.37 Å². The molecule has 0 saturated carbocycles. The lowest BCUT2D eigenvalue weighted by molar-refractivity contribution is 0.628. The first-order valence-electron chi connectivity index (χ1n) is 8.39. The number of nitrogens with zero attached hydrogens (tertiary/aromatic N) is 5. The van der Waals surface area contributed by atoms with Gasteiger partial charge in [-0.2, -0.15) is 15.0 Å². The Morgan fingerprint density at radius 1 is 1.18 bits per heavy atom. The van der Waals surface area contributed by atoms with Crippen LogP contribution < -0.4 is 16.6 Å². The van der Waals surface area contributed by atoms with Gasteiger partial charge in [-0.1, -0.05) is 0 Å². The van der Waals surface area contributed by atoms with Gasteiger partial charge in [0.2, 0.25) is 11.9 Å². The first kappa shape index (κ1) is 18.0. The van der Waals surface area contributed by atoms with Crippen molar-refractivity contribution in [1.29, 1.82) is 0 Å². The number of aryl methyl sites for hydroxylation is 2. The van der Waals surface area contributed by atoms with E-state index in [0.29, 0.717) is 21.7 Å². The summed E-state index contributed by atoms with van der Waals surface area (Å²) in [5.74, 6) is 0.186. The minimum absolute atomic E-state index is 0.0132. The zero-order chi connectivity index (χ0) is 19.8. The van der Waals surface area contributed by atoms with E-state index in [-0.39, 0.29) is 29.8 Å². The Hall–Kier alpha value is -3.40. The van der Waals surface area contributed by atoms with Crippen molar-refractivity contribution in [3.63, 3.8) is 0 Å². The molecular weight excluding hydrogens is 381 g/mol. The maximum Gasteiger partial charge on any atom is 0.262 e. The summed E-state index contributed by atoms with van der Waals surface area (Å²) in [6, 6.07) is 5.75. The van der Waals surface area contributed by atoms with E-state index >= 15 is 0 Å². The second-order valence-corrected chi connectivity index (χ2v) is 7.41. The van der Waals surface area contributed by atoms with Crippen molar-refractivity contribution in [3.8, 4) is 0 Å². The summed E-state index contributed by atoms with van der Waals surface area (Å²) < 4.78 is 14.5. The SMILES string of the molecule is Cc1sc2ncn(Cc3nc(N)nc(Nc4ccc(F)cc4)n3)c(=O)c2c1C. The van der Waals surface area contributed by atoms with Gasteiger partial charge < -0.3 is 11.1 Å². The number of nitrogens with two attached hydrogens (primary N) is 1. The fraction of sp³-hybridized carbons (Fsp3) is 0.167. The van der Waals surface area contributed by atoms with Crippen molar-refractivity contribution in [1.82, 2.24) is 24.5 Å². The van der Waals surface area contributed by atoms with Crippen LogP contribution in [0.1, 0.15) is 16.3 Å². The number of hydrogen-bond acceptors (Lipinski definition) is 8. The maximum atomic E-state index is 13.0. The van der Waals surface area contributed by atoms with Crippen LogP contribution in [0.15, 0.2) is 35.4 Å². The predicted octanol–water partition coefficient (Wildman–Crippen LogP) is 2.77. The molecule has 0 aliphatic rings. The lowest BCUT2D eigenvalue weighted by Gasteiger charge is -2.08. The first-order valence-corrected chi connectivity index (χ1v) is 9.20. The molecule has 0 aliphatic carbocycles. The molecule has 10 heteroatoms. The lowest BCUT2D eigenvalue weighted by atomic mass is 10.2. The van der Waals surface area contributed by atoms with Gasteiger partial charge in [0.25, 0.3) is 5.56 Å². The molecule has 0 aliphatic heterocycles. The molecule has 0 radical (unpaired) electrons. The van der Waals surface area contributed by atoms with E-state index in [0.717, 1.165) is 10.4 Å². The number of nitrogen functional groups attached to an aromatic ring is 1. The number of rotatable bonds is 4. The Morgan fingerprint density at radius 3 is 2.68 bits per heavy atom. The van der Waals surface area contributed by atoms with Gasteiger partial charge >= 0.3 is 0 Å². The summed E-state index contributed by atoms with van der Waals surface area (Å²) >= 11 is 1.49. The monoisotopic (exact) mass is 397 g/mol. The number of anilines is 3. The lowest BCUT2D eigenvalue weighted by Crippen LogP contribution is -2.22. The molecule has 3 heterocycles. The molecule has 28 heavy (non-hydrogen) atoms. The van der Waals surface area contributed by atoms with E-state index in [9.17, 15) is 9.18 Å². The smallest absolute Gasteiger partial charge is 0.262 e. The Balaban J connectivity index is 1.67. The highest BCUT2D eigenvalue weighted by molar-refractivity contribution is 7.18. The third-order valence-electron chi connectivity index (χ3n) is 4.27. The van der Waals surface area contributed by atoms with Gasteiger partial charge in [-0.3, -0.25) is 9.36 Å². The van der Waals surface area contributed by atoms with Crippen LogP contribution in [0.3, 0.4) is 0 Å². The van der Waals surface area contributed by atoms with Crippen LogP contribution in [-0.4, -0.2) is 24.5 Å². The highest BCUT2D eigenvalue weighted by atomic mass is 32.1. The number of hydrogen-bond donors (Lipinski definition) is 2. The average molecular weight is 397 g/mol. The molecule has 0 amide bonds. The summed E-state index contributed by atoms with van der Waals surface area (Å²) in [7, 11) is 0. The Labute approximate surface area is 162 Å². The molecule has 0 unspecified atom stereocenters. The van der Waals surface area contributed by atoms with E-state index < -0.39 is 0 Å². The topological polar surface area (TPSA) is 112 Å². The van der Waals surface area contributed by atoms with Crippen LogP contribution in [0.25, 0.3) is 10.2 Å². The fourth-order valence-corrected chi connectivity index (χ4v) is 3.75. The molecule has 3 aromatic heterocycles. The van der Waals surface area contributed by atoms with E-state index in [2.05, 4.69) is 25.3 Å². The molecular formula is C18H16FN7OS. The number of fused-ring (bicyclic) bond motifs is 1. The van der Waals surface area contributed by atoms with Gasteiger partial charge in [0, 0.05) is 10.6 Å². The molecule has 142 valence electrons. The number of thiophene rings is 1. The summed E-state index contributed by atoms with van der Waals surface area (Å²) in [5, 5.41) is 3.55. The van der Waals surface area contributed by atoms with E-state index in [1.54, 1.807) is 12.1 Å². The molecule has 0 spiro atoms. The van der Waals surface area contributed by atoms with Crippen molar-refractivity contribution in [3.05, 3.63) is 63.0 Å². The number of benzene rings is 1. The second kappa shape index (κ2) is 6.97. The fourth-order valence-electron chi connectivity index (χ4n) is 2.76. The zero-order valence-electron chi connectivity index (χ0n) is 15.1. The summed E-state index contributed by atoms with van der Waals surface area (Å²) in [6.45, 7) is 3.97. The Kier molecular flexibility index (Phi) is 4.47. The molecule has 0 atom stereocenters. The molecule has 0 fully saturated rings. The van der Waals surface area contributed by atoms with Gasteiger partial charge in [0.1, 0.15) is 10.6 Å². The van der Waals surface area contributed by atoms with Gasteiger partial charge in [0.05, 0.1) is 18.3 Å². The van der Waals surface area contributed by atoms with Crippen molar-refractivity contribution in [2.24, 2.45) is 0 Å². The summed E-state index contributed by atoms with van der Waals surface area (Å²) in [6.07, 6.45) is 1.48. The molecule has 0 bridgehead atoms. The van der Waals surface area contributed by atoms with Crippen LogP contribution >= 0.6 is 11.3 Å². The summed E-state index contributed by atoms with van der Waals surface area (Å²) in [4.78, 5) is 31.4. The third kappa shape index (κ3) is 3.41. The normalized spacial score (nSPS) is 11.1. The zero-order valence-corrected chi connectivity index (χ0v) is 15.9. The van der Waals surface area contributed by atoms with Crippen LogP contribution in [0.5, 0.6) is 0 Å². The van der Waals surface area contributed by atoms with E-state index in [4.69, 9.17) is 5.73 Å². The molecule has 4 aromatic rings. The van der Waals surface area contributed by atoms with E-state index in [1.807, 2.05) is 13.8 Å². The molecule has 1 aromatic carbocycles. The molecule has 8 nitrogen and oxygen atoms in total. The van der Waals surface area contributed by atoms with Crippen molar-refractivity contribution in [2.75, 3.05) is 11.1 Å². The quantitative estimate of drug-likeness (QED) is 0.544. The van der Waals surface area contributed by atoms with Crippen molar-refractivity contribution < 1.29 is 4.39 Å². The largest absolute Gasteiger partial charge is 0.368 e. The predicted molar refractivity (Wildman–Crippen MR) is 106 cm³/mol. The van der Waals surface area contributed by atoms with Crippen LogP contribution in [0.2, 0.25) is 0 Å². The van der Waals surface area contributed by atoms with Gasteiger partial charge in [-0.15, -0.1) is 11.3 Å². The number of halogens is 1. The summed E-state index contributed by atoms with van der Waals surface area (Å²) in [5.41, 5.74) is 7.16. The average Bonchev–Trinajstić information content (AvgIpc) is 2.94. The molecule has 3 N–H and O–H groups in total. The maximum absolute atomic E-state index is 13.0. The van der Waals surface area contributed by atoms with Crippen LogP contribution in [0.4, 0.5) is 22.0 Å². The standard InChI is InChI=1S/C18H16FN7OS/c1-9-10(2)28-15-14(9)16(27)26(8-21-15)7-13-23-17(20)25-18(24-13)22-12-5-3-11(19)4-6-12/h3-6,8H,7H2,1-2H3,(H3,20,22,23,24,25). The van der Waals surface area contributed by atoms with Crippen molar-refractivity contribution >= 4 is 39.1 Å². The highest BCUT2D eigenvalue weighted by Crippen LogP contribution is 2.25. The molecule has 4 rings (SSSR count). The van der Waals surface area contributed by atoms with Crippen LogP contribution in [0, 0.1) is 19.7 Å². The Bertz CT molecular complexity index is 1230. The Morgan fingerprint density at radius 2 is 1.93 bits per heavy atom. The number of aromatic nitrogens is 5. The minimum atomic E-state index is -0.345. The second-order valence-electron chi connectivity index (χ2n) is 6.21. The van der Waals surface area contributed by atoms with Crippen molar-refractivity contribution in [2.45, 2.75) is 20.4 Å². The molecule has 0 saturated heterocycles.